The van der Waals surface area contributed by atoms with E-state index in [4.69, 9.17) is 4.42 Å². The van der Waals surface area contributed by atoms with E-state index in [1.807, 2.05) is 32.0 Å². The van der Waals surface area contributed by atoms with Gasteiger partial charge in [0.15, 0.2) is 5.78 Å². The summed E-state index contributed by atoms with van der Waals surface area (Å²) in [4.78, 5) is 24.8. The molecule has 2 N–H and O–H groups in total. The molecule has 1 amide bonds. The third-order valence-corrected chi connectivity index (χ3v) is 6.12. The summed E-state index contributed by atoms with van der Waals surface area (Å²) < 4.78 is 32.5. The number of amides is 1. The van der Waals surface area contributed by atoms with Gasteiger partial charge in [0.1, 0.15) is 5.76 Å². The van der Waals surface area contributed by atoms with Gasteiger partial charge in [-0.3, -0.25) is 9.59 Å². The Hall–Kier alpha value is -3.23. The zero-order chi connectivity index (χ0) is 22.4. The first-order valence-electron chi connectivity index (χ1n) is 9.77. The van der Waals surface area contributed by atoms with Crippen molar-refractivity contribution in [3.63, 3.8) is 0 Å². The highest BCUT2D eigenvalue weighted by Gasteiger charge is 2.16. The van der Waals surface area contributed by atoms with E-state index in [0.29, 0.717) is 17.0 Å². The van der Waals surface area contributed by atoms with Crippen LogP contribution < -0.4 is 10.0 Å². The number of nitrogens with one attached hydrogen (secondary N) is 2. The SMILES string of the molecule is Cc1ccc(C)c(C(=O)CCC(=O)Nc2cccc(S(=O)(=O)NCc3ccco3)c2)c1. The third-order valence-electron chi connectivity index (χ3n) is 4.72. The summed E-state index contributed by atoms with van der Waals surface area (Å²) in [5.74, 6) is 0.0214. The van der Waals surface area contributed by atoms with Gasteiger partial charge in [-0.1, -0.05) is 23.8 Å². The Kier molecular flexibility index (Phi) is 7.04. The van der Waals surface area contributed by atoms with E-state index in [1.165, 1.54) is 18.4 Å². The van der Waals surface area contributed by atoms with Crippen LogP contribution in [0.1, 0.15) is 40.1 Å². The van der Waals surface area contributed by atoms with Crippen molar-refractivity contribution in [1.82, 2.24) is 4.72 Å². The smallest absolute Gasteiger partial charge is 0.241 e. The van der Waals surface area contributed by atoms with Gasteiger partial charge in [0.05, 0.1) is 17.7 Å². The van der Waals surface area contributed by atoms with E-state index in [9.17, 15) is 18.0 Å². The molecule has 0 atom stereocenters. The summed E-state index contributed by atoms with van der Waals surface area (Å²) in [6, 6.07) is 14.9. The molecule has 0 bridgehead atoms. The third kappa shape index (κ3) is 6.13. The summed E-state index contributed by atoms with van der Waals surface area (Å²) >= 11 is 0. The molecule has 0 unspecified atom stereocenters. The summed E-state index contributed by atoms with van der Waals surface area (Å²) in [6.07, 6.45) is 1.53. The van der Waals surface area contributed by atoms with Crippen molar-refractivity contribution in [3.05, 3.63) is 83.3 Å². The Morgan fingerprint density at radius 1 is 0.968 bits per heavy atom. The highest BCUT2D eigenvalue weighted by atomic mass is 32.2. The van der Waals surface area contributed by atoms with Crippen molar-refractivity contribution in [2.24, 2.45) is 0 Å². The molecule has 0 radical (unpaired) electrons. The van der Waals surface area contributed by atoms with Crippen LogP contribution in [-0.4, -0.2) is 20.1 Å². The zero-order valence-electron chi connectivity index (χ0n) is 17.3. The minimum absolute atomic E-state index is 0.0000631. The summed E-state index contributed by atoms with van der Waals surface area (Å²) in [6.45, 7) is 3.79. The lowest BCUT2D eigenvalue weighted by Crippen LogP contribution is -2.23. The molecule has 0 aliphatic heterocycles. The standard InChI is InChI=1S/C23H24N2O5S/c1-16-8-9-17(2)21(13-16)22(26)10-11-23(27)25-18-5-3-7-20(14-18)31(28,29)24-15-19-6-4-12-30-19/h3-9,12-14,24H,10-11,15H2,1-2H3,(H,25,27). The molecule has 1 aromatic heterocycles. The number of benzene rings is 2. The molecule has 3 aromatic rings. The number of hydrogen-bond donors (Lipinski definition) is 2. The monoisotopic (exact) mass is 440 g/mol. The van der Waals surface area contributed by atoms with E-state index in [1.54, 1.807) is 24.3 Å². The van der Waals surface area contributed by atoms with Gasteiger partial charge in [0, 0.05) is 24.1 Å². The quantitative estimate of drug-likeness (QED) is 0.490. The Balaban J connectivity index is 1.59. The van der Waals surface area contributed by atoms with Crippen LogP contribution in [0, 0.1) is 13.8 Å². The minimum atomic E-state index is -3.78. The molecule has 7 nitrogen and oxygen atoms in total. The van der Waals surface area contributed by atoms with Gasteiger partial charge < -0.3 is 9.73 Å². The Labute approximate surface area is 181 Å². The number of sulfonamides is 1. The van der Waals surface area contributed by atoms with Crippen molar-refractivity contribution < 1.29 is 22.4 Å². The van der Waals surface area contributed by atoms with Crippen LogP contribution in [0.15, 0.2) is 70.2 Å². The fraction of sp³-hybridized carbons (Fsp3) is 0.217. The number of rotatable bonds is 9. The van der Waals surface area contributed by atoms with Gasteiger partial charge >= 0.3 is 0 Å². The summed E-state index contributed by atoms with van der Waals surface area (Å²) in [5, 5.41) is 2.65. The Bertz CT molecular complexity index is 1180. The maximum Gasteiger partial charge on any atom is 0.241 e. The molecule has 3 rings (SSSR count). The van der Waals surface area contributed by atoms with Crippen molar-refractivity contribution in [3.8, 4) is 0 Å². The van der Waals surface area contributed by atoms with E-state index < -0.39 is 10.0 Å². The maximum atomic E-state index is 12.5. The van der Waals surface area contributed by atoms with Crippen LogP contribution in [0.3, 0.4) is 0 Å². The highest BCUT2D eigenvalue weighted by molar-refractivity contribution is 7.89. The van der Waals surface area contributed by atoms with Crippen molar-refractivity contribution in [2.75, 3.05) is 5.32 Å². The molecule has 31 heavy (non-hydrogen) atoms. The highest BCUT2D eigenvalue weighted by Crippen LogP contribution is 2.18. The minimum Gasteiger partial charge on any atom is -0.468 e. The number of hydrogen-bond acceptors (Lipinski definition) is 5. The average molecular weight is 441 g/mol. The van der Waals surface area contributed by atoms with Gasteiger partial charge in [0.25, 0.3) is 0 Å². The first-order chi connectivity index (χ1) is 14.7. The molecule has 8 heteroatoms. The molecule has 0 saturated heterocycles. The fourth-order valence-corrected chi connectivity index (χ4v) is 4.06. The lowest BCUT2D eigenvalue weighted by molar-refractivity contribution is -0.116. The molecule has 1 heterocycles. The number of carbonyl (C=O) groups is 2. The zero-order valence-corrected chi connectivity index (χ0v) is 18.2. The Morgan fingerprint density at radius 3 is 2.52 bits per heavy atom. The summed E-state index contributed by atoms with van der Waals surface area (Å²) in [5.41, 5.74) is 2.81. The molecule has 0 fully saturated rings. The maximum absolute atomic E-state index is 12.5. The molecule has 0 aliphatic rings. The first-order valence-corrected chi connectivity index (χ1v) is 11.3. The number of carbonyl (C=O) groups excluding carboxylic acids is 2. The number of ketones is 1. The van der Waals surface area contributed by atoms with Gasteiger partial charge in [-0.15, -0.1) is 0 Å². The van der Waals surface area contributed by atoms with Crippen molar-refractivity contribution >= 4 is 27.4 Å². The van der Waals surface area contributed by atoms with Crippen molar-refractivity contribution in [2.45, 2.75) is 38.1 Å². The molecular formula is C23H24N2O5S. The number of Topliss-reactive ketones (excluding diaryl/α,β-unsaturated/α-hetero) is 1. The van der Waals surface area contributed by atoms with Crippen LogP contribution in [0.4, 0.5) is 5.69 Å². The molecule has 2 aromatic carbocycles. The first kappa shape index (κ1) is 22.5. The van der Waals surface area contributed by atoms with Crippen LogP contribution in [-0.2, 0) is 21.4 Å². The van der Waals surface area contributed by atoms with Crippen LogP contribution >= 0.6 is 0 Å². The molecular weight excluding hydrogens is 416 g/mol. The fourth-order valence-electron chi connectivity index (χ4n) is 3.03. The van der Waals surface area contributed by atoms with Crippen molar-refractivity contribution in [1.29, 1.82) is 0 Å². The van der Waals surface area contributed by atoms with E-state index in [2.05, 4.69) is 10.0 Å². The van der Waals surface area contributed by atoms with Gasteiger partial charge in [0.2, 0.25) is 15.9 Å². The predicted octanol–water partition coefficient (Wildman–Crippen LogP) is 3.98. The van der Waals surface area contributed by atoms with Gasteiger partial charge in [-0.2, -0.15) is 0 Å². The van der Waals surface area contributed by atoms with E-state index in [-0.39, 0.29) is 36.0 Å². The second-order valence-electron chi connectivity index (χ2n) is 7.22. The number of aryl methyl sites for hydroxylation is 2. The normalized spacial score (nSPS) is 11.3. The average Bonchev–Trinajstić information content (AvgIpc) is 3.26. The molecule has 0 aliphatic carbocycles. The predicted molar refractivity (Wildman–Crippen MR) is 117 cm³/mol. The lowest BCUT2D eigenvalue weighted by atomic mass is 9.99. The van der Waals surface area contributed by atoms with E-state index >= 15 is 0 Å². The van der Waals surface area contributed by atoms with Gasteiger partial charge in [-0.05, 0) is 55.8 Å². The molecule has 0 saturated carbocycles. The lowest BCUT2D eigenvalue weighted by Gasteiger charge is -2.09. The Morgan fingerprint density at radius 2 is 1.77 bits per heavy atom. The summed E-state index contributed by atoms with van der Waals surface area (Å²) in [7, 11) is -3.78. The van der Waals surface area contributed by atoms with Crippen LogP contribution in [0.2, 0.25) is 0 Å². The second kappa shape index (κ2) is 9.72. The topological polar surface area (TPSA) is 105 Å². The second-order valence-corrected chi connectivity index (χ2v) is 8.99. The van der Waals surface area contributed by atoms with E-state index in [0.717, 1.165) is 11.1 Å². The van der Waals surface area contributed by atoms with Crippen LogP contribution in [0.25, 0.3) is 0 Å². The largest absolute Gasteiger partial charge is 0.468 e. The van der Waals surface area contributed by atoms with Gasteiger partial charge in [-0.25, -0.2) is 13.1 Å². The van der Waals surface area contributed by atoms with Crippen LogP contribution in [0.5, 0.6) is 0 Å². The molecule has 0 spiro atoms. The molecule has 162 valence electrons. The number of furan rings is 1. The number of anilines is 1.